The van der Waals surface area contributed by atoms with E-state index in [4.69, 9.17) is 9.84 Å². The van der Waals surface area contributed by atoms with Crippen LogP contribution in [0.2, 0.25) is 0 Å². The van der Waals surface area contributed by atoms with Crippen LogP contribution in [-0.2, 0) is 16.7 Å². The van der Waals surface area contributed by atoms with Crippen LogP contribution in [0.25, 0.3) is 11.3 Å². The minimum atomic E-state index is -4.36. The highest BCUT2D eigenvalue weighted by atomic mass is 32.2. The summed E-state index contributed by atoms with van der Waals surface area (Å²) in [5.41, 5.74) is 2.13. The summed E-state index contributed by atoms with van der Waals surface area (Å²) in [6.07, 6.45) is -4.36. The quantitative estimate of drug-likeness (QED) is 0.515. The summed E-state index contributed by atoms with van der Waals surface area (Å²) >= 11 is 1.54. The molecule has 0 unspecified atom stereocenters. The van der Waals surface area contributed by atoms with Gasteiger partial charge in [-0.25, -0.2) is 4.79 Å². The van der Waals surface area contributed by atoms with Crippen LogP contribution in [0.1, 0.15) is 16.8 Å². The van der Waals surface area contributed by atoms with Gasteiger partial charge < -0.3 is 9.84 Å². The molecule has 0 aliphatic rings. The number of hydrogen-bond donors (Lipinski definition) is 2. The van der Waals surface area contributed by atoms with Gasteiger partial charge in [0.1, 0.15) is 5.75 Å². The first-order chi connectivity index (χ1) is 13.7. The first-order valence-electron chi connectivity index (χ1n) is 8.52. The Morgan fingerprint density at radius 3 is 2.52 bits per heavy atom. The highest BCUT2D eigenvalue weighted by molar-refractivity contribution is 7.98. The predicted molar refractivity (Wildman–Crippen MR) is 103 cm³/mol. The lowest BCUT2D eigenvalue weighted by Gasteiger charge is -2.08. The number of rotatable bonds is 7. The van der Waals surface area contributed by atoms with E-state index in [1.54, 1.807) is 23.9 Å². The van der Waals surface area contributed by atoms with Crippen LogP contribution in [0.15, 0.2) is 53.4 Å². The molecular weight excluding hydrogens is 405 g/mol. The van der Waals surface area contributed by atoms with Crippen molar-refractivity contribution in [2.75, 3.05) is 6.61 Å². The van der Waals surface area contributed by atoms with E-state index >= 15 is 0 Å². The fourth-order valence-corrected chi connectivity index (χ4v) is 3.48. The number of nitrogens with one attached hydrogen (secondary N) is 1. The van der Waals surface area contributed by atoms with Crippen molar-refractivity contribution in [1.29, 1.82) is 0 Å². The summed E-state index contributed by atoms with van der Waals surface area (Å²) in [7, 11) is 0. The zero-order valence-electron chi connectivity index (χ0n) is 15.3. The Labute approximate surface area is 168 Å². The van der Waals surface area contributed by atoms with Crippen molar-refractivity contribution in [3.05, 3.63) is 65.4 Å². The van der Waals surface area contributed by atoms with E-state index in [-0.39, 0.29) is 0 Å². The van der Waals surface area contributed by atoms with Gasteiger partial charge in [-0.15, -0.1) is 11.8 Å². The Bertz CT molecular complexity index is 1000. The molecule has 3 aromatic rings. The number of carbonyl (C=O) groups is 1. The monoisotopic (exact) mass is 422 g/mol. The molecule has 9 heteroatoms. The summed E-state index contributed by atoms with van der Waals surface area (Å²) in [4.78, 5) is 11.6. The molecule has 0 aliphatic heterocycles. The Morgan fingerprint density at radius 1 is 1.17 bits per heavy atom. The zero-order valence-corrected chi connectivity index (χ0v) is 16.1. The first kappa shape index (κ1) is 20.8. The van der Waals surface area contributed by atoms with Gasteiger partial charge in [0.15, 0.2) is 6.61 Å². The van der Waals surface area contributed by atoms with Gasteiger partial charge in [0.05, 0.1) is 11.3 Å². The number of aromatic amines is 1. The molecule has 0 saturated heterocycles. The number of H-pyrrole nitrogens is 1. The largest absolute Gasteiger partial charge is 0.482 e. The number of alkyl halides is 3. The molecule has 1 heterocycles. The van der Waals surface area contributed by atoms with E-state index in [0.717, 1.165) is 28.3 Å². The van der Waals surface area contributed by atoms with Gasteiger partial charge in [0.25, 0.3) is 0 Å². The molecule has 0 atom stereocenters. The summed E-state index contributed by atoms with van der Waals surface area (Å²) in [5.74, 6) is 0.0661. The van der Waals surface area contributed by atoms with Gasteiger partial charge in [-0.1, -0.05) is 12.1 Å². The Kier molecular flexibility index (Phi) is 6.17. The van der Waals surface area contributed by atoms with Crippen molar-refractivity contribution < 1.29 is 27.8 Å². The van der Waals surface area contributed by atoms with E-state index in [9.17, 15) is 18.0 Å². The number of aryl methyl sites for hydroxylation is 1. The van der Waals surface area contributed by atoms with Crippen LogP contribution in [0.3, 0.4) is 0 Å². The summed E-state index contributed by atoms with van der Waals surface area (Å²) in [6, 6.07) is 12.1. The maximum atomic E-state index is 12.7. The van der Waals surface area contributed by atoms with Crippen molar-refractivity contribution in [3.8, 4) is 17.0 Å². The second-order valence-electron chi connectivity index (χ2n) is 6.25. The van der Waals surface area contributed by atoms with Crippen LogP contribution < -0.4 is 4.74 Å². The minimum absolute atomic E-state index is 0.395. The maximum Gasteiger partial charge on any atom is 0.416 e. The van der Waals surface area contributed by atoms with Crippen molar-refractivity contribution in [2.24, 2.45) is 0 Å². The lowest BCUT2D eigenvalue weighted by molar-refractivity contribution is -0.139. The zero-order chi connectivity index (χ0) is 21.0. The molecule has 1 aromatic heterocycles. The number of benzene rings is 2. The fourth-order valence-electron chi connectivity index (χ4n) is 2.59. The fraction of sp³-hybridized carbons (Fsp3) is 0.200. The maximum absolute atomic E-state index is 12.7. The molecule has 3 rings (SSSR count). The lowest BCUT2D eigenvalue weighted by atomic mass is 10.1. The third-order valence-electron chi connectivity index (χ3n) is 4.03. The molecule has 5 nitrogen and oxygen atoms in total. The SMILES string of the molecule is Cc1cc(SCc2cc(-c3ccc(C(F)(F)F)cc3)n[nH]2)ccc1OCC(=O)O. The molecule has 29 heavy (non-hydrogen) atoms. The second kappa shape index (κ2) is 8.60. The minimum Gasteiger partial charge on any atom is -0.482 e. The van der Waals surface area contributed by atoms with Gasteiger partial charge in [-0.3, -0.25) is 5.10 Å². The first-order valence-corrected chi connectivity index (χ1v) is 9.51. The molecule has 0 aliphatic carbocycles. The van der Waals surface area contributed by atoms with Gasteiger partial charge in [-0.05, 0) is 48.9 Å². The highest BCUT2D eigenvalue weighted by Gasteiger charge is 2.30. The highest BCUT2D eigenvalue weighted by Crippen LogP contribution is 2.31. The number of hydrogen-bond acceptors (Lipinski definition) is 4. The molecule has 0 bridgehead atoms. The average Bonchev–Trinajstić information content (AvgIpc) is 3.14. The number of nitrogens with zero attached hydrogens (tertiary/aromatic N) is 1. The third-order valence-corrected chi connectivity index (χ3v) is 5.07. The predicted octanol–water partition coefficient (Wildman–Crippen LogP) is 5.16. The summed E-state index contributed by atoms with van der Waals surface area (Å²) in [6.45, 7) is 1.44. The topological polar surface area (TPSA) is 75.2 Å². The van der Waals surface area contributed by atoms with E-state index in [0.29, 0.717) is 22.8 Å². The number of thioether (sulfide) groups is 1. The van der Waals surface area contributed by atoms with Gasteiger partial charge in [0, 0.05) is 21.9 Å². The van der Waals surface area contributed by atoms with Crippen LogP contribution in [0.4, 0.5) is 13.2 Å². The Balaban J connectivity index is 1.62. The number of aromatic nitrogens is 2. The molecule has 2 aromatic carbocycles. The van der Waals surface area contributed by atoms with Gasteiger partial charge in [0.2, 0.25) is 0 Å². The van der Waals surface area contributed by atoms with Gasteiger partial charge in [-0.2, -0.15) is 18.3 Å². The van der Waals surface area contributed by atoms with E-state index in [2.05, 4.69) is 10.2 Å². The molecule has 0 saturated carbocycles. The second-order valence-corrected chi connectivity index (χ2v) is 7.30. The number of carboxylic acids is 1. The van der Waals surface area contributed by atoms with E-state index in [1.807, 2.05) is 19.1 Å². The number of carboxylic acid groups (broad SMARTS) is 1. The van der Waals surface area contributed by atoms with Crippen molar-refractivity contribution in [2.45, 2.75) is 23.7 Å². The smallest absolute Gasteiger partial charge is 0.416 e. The standard InChI is InChI=1S/C20H17F3N2O3S/c1-12-8-16(6-7-18(12)28-10-19(26)27)29-11-15-9-17(25-24-15)13-2-4-14(5-3-13)20(21,22)23/h2-9H,10-11H2,1H3,(H,24,25)(H,26,27). The number of aliphatic carboxylic acids is 1. The third kappa shape index (κ3) is 5.54. The molecule has 2 N–H and O–H groups in total. The summed E-state index contributed by atoms with van der Waals surface area (Å²) in [5, 5.41) is 15.7. The molecule has 0 amide bonds. The van der Waals surface area contributed by atoms with Crippen LogP contribution in [0.5, 0.6) is 5.75 Å². The molecule has 0 spiro atoms. The van der Waals surface area contributed by atoms with Crippen molar-refractivity contribution in [1.82, 2.24) is 10.2 Å². The van der Waals surface area contributed by atoms with E-state index < -0.39 is 24.3 Å². The molecule has 152 valence electrons. The molecular formula is C20H17F3N2O3S. The van der Waals surface area contributed by atoms with Crippen molar-refractivity contribution in [3.63, 3.8) is 0 Å². The van der Waals surface area contributed by atoms with Crippen LogP contribution in [-0.4, -0.2) is 27.9 Å². The summed E-state index contributed by atoms with van der Waals surface area (Å²) < 4.78 is 43.2. The molecule has 0 radical (unpaired) electrons. The lowest BCUT2D eigenvalue weighted by Crippen LogP contribution is -2.09. The van der Waals surface area contributed by atoms with Gasteiger partial charge >= 0.3 is 12.1 Å². The van der Waals surface area contributed by atoms with E-state index in [1.165, 1.54) is 12.1 Å². The normalized spacial score (nSPS) is 11.4. The van der Waals surface area contributed by atoms with Crippen LogP contribution in [0, 0.1) is 6.92 Å². The van der Waals surface area contributed by atoms with Crippen LogP contribution >= 0.6 is 11.8 Å². The molecule has 0 fully saturated rings. The average molecular weight is 422 g/mol. The Hall–Kier alpha value is -2.94. The number of ether oxygens (including phenoxy) is 1. The Morgan fingerprint density at radius 2 is 1.90 bits per heavy atom. The van der Waals surface area contributed by atoms with Crippen molar-refractivity contribution >= 4 is 17.7 Å². The number of halogens is 3.